The molecule has 0 bridgehead atoms. The monoisotopic (exact) mass is 267 g/mol. The van der Waals surface area contributed by atoms with Gasteiger partial charge in [0.15, 0.2) is 0 Å². The predicted octanol–water partition coefficient (Wildman–Crippen LogP) is 2.53. The van der Waals surface area contributed by atoms with Gasteiger partial charge in [0.1, 0.15) is 11.6 Å². The largest absolute Gasteiger partial charge is 0.368 e. The van der Waals surface area contributed by atoms with Crippen LogP contribution in [0.25, 0.3) is 0 Å². The number of aryl methyl sites for hydroxylation is 1. The summed E-state index contributed by atoms with van der Waals surface area (Å²) in [4.78, 5) is 12.7. The number of anilines is 2. The van der Waals surface area contributed by atoms with E-state index in [-0.39, 0.29) is 17.8 Å². The Kier molecular flexibility index (Phi) is 3.71. The smallest absolute Gasteiger partial charge is 0.228 e. The van der Waals surface area contributed by atoms with Crippen molar-refractivity contribution in [3.05, 3.63) is 28.0 Å². The summed E-state index contributed by atoms with van der Waals surface area (Å²) in [6.45, 7) is 3.70. The Balaban J connectivity index is 2.23. The van der Waals surface area contributed by atoms with E-state index in [1.54, 1.807) is 12.3 Å². The maximum absolute atomic E-state index is 13.5. The van der Waals surface area contributed by atoms with E-state index in [9.17, 15) is 4.39 Å². The first-order valence-corrected chi connectivity index (χ1v) is 6.45. The number of nitrogens with zero attached hydrogens (tertiary/aromatic N) is 3. The first-order valence-electron chi connectivity index (χ1n) is 5.57. The Labute approximate surface area is 108 Å². The molecule has 0 spiro atoms. The quantitative estimate of drug-likeness (QED) is 0.890. The molecule has 0 saturated heterocycles. The number of thiophene rings is 1. The summed E-state index contributed by atoms with van der Waals surface area (Å²) in [5.74, 6) is 0.857. The highest BCUT2D eigenvalue weighted by Gasteiger charge is 2.16. The topological polar surface area (TPSA) is 76.7 Å². The molecule has 0 aliphatic carbocycles. The number of halogens is 1. The van der Waals surface area contributed by atoms with Gasteiger partial charge in [-0.15, -0.1) is 11.3 Å². The zero-order valence-electron chi connectivity index (χ0n) is 10.1. The van der Waals surface area contributed by atoms with Crippen LogP contribution in [0.15, 0.2) is 11.4 Å². The third-order valence-corrected chi connectivity index (χ3v) is 3.44. The van der Waals surface area contributed by atoms with Crippen molar-refractivity contribution in [1.82, 2.24) is 15.0 Å². The highest BCUT2D eigenvalue weighted by atomic mass is 32.1. The summed E-state index contributed by atoms with van der Waals surface area (Å²) in [5.41, 5.74) is 5.55. The molecule has 7 heteroatoms. The van der Waals surface area contributed by atoms with Crippen LogP contribution < -0.4 is 11.1 Å². The summed E-state index contributed by atoms with van der Waals surface area (Å²) in [5, 5.41) is 4.81. The van der Waals surface area contributed by atoms with Crippen molar-refractivity contribution in [3.63, 3.8) is 0 Å². The van der Waals surface area contributed by atoms with Crippen molar-refractivity contribution in [2.75, 3.05) is 11.1 Å². The van der Waals surface area contributed by atoms with Crippen molar-refractivity contribution in [2.24, 2.45) is 0 Å². The van der Waals surface area contributed by atoms with Crippen LogP contribution in [0.5, 0.6) is 0 Å². The van der Waals surface area contributed by atoms with Crippen molar-refractivity contribution in [1.29, 1.82) is 0 Å². The molecule has 2 aromatic heterocycles. The molecule has 0 fully saturated rings. The fraction of sp³-hybridized carbons (Fsp3) is 0.364. The van der Waals surface area contributed by atoms with E-state index < -0.39 is 0 Å². The molecule has 0 saturated carbocycles. The van der Waals surface area contributed by atoms with Gasteiger partial charge in [-0.3, -0.25) is 0 Å². The van der Waals surface area contributed by atoms with Crippen LogP contribution in [0.1, 0.15) is 30.1 Å². The van der Waals surface area contributed by atoms with Crippen LogP contribution in [0.4, 0.5) is 16.3 Å². The second-order valence-corrected chi connectivity index (χ2v) is 4.75. The van der Waals surface area contributed by atoms with E-state index in [2.05, 4.69) is 20.3 Å². The van der Waals surface area contributed by atoms with Gasteiger partial charge in [-0.05, 0) is 24.8 Å². The van der Waals surface area contributed by atoms with Crippen molar-refractivity contribution in [2.45, 2.75) is 26.3 Å². The number of hydrogen-bond acceptors (Lipinski definition) is 6. The predicted molar refractivity (Wildman–Crippen MR) is 69.9 cm³/mol. The lowest BCUT2D eigenvalue weighted by molar-refractivity contribution is 0.597. The van der Waals surface area contributed by atoms with Gasteiger partial charge in [0.05, 0.1) is 10.9 Å². The van der Waals surface area contributed by atoms with Crippen LogP contribution in [-0.4, -0.2) is 15.0 Å². The number of nitrogens with two attached hydrogens (primary N) is 1. The van der Waals surface area contributed by atoms with Gasteiger partial charge in [0.25, 0.3) is 0 Å². The Bertz CT molecular complexity index is 522. The van der Waals surface area contributed by atoms with Crippen LogP contribution >= 0.6 is 11.3 Å². The van der Waals surface area contributed by atoms with Crippen molar-refractivity contribution < 1.29 is 4.39 Å². The van der Waals surface area contributed by atoms with E-state index in [4.69, 9.17) is 5.73 Å². The lowest BCUT2D eigenvalue weighted by atomic mass is 10.2. The van der Waals surface area contributed by atoms with Gasteiger partial charge >= 0.3 is 0 Å². The average Bonchev–Trinajstić information content (AvgIpc) is 2.71. The van der Waals surface area contributed by atoms with E-state index in [0.29, 0.717) is 16.6 Å². The van der Waals surface area contributed by atoms with Crippen LogP contribution in [0, 0.1) is 12.7 Å². The summed E-state index contributed by atoms with van der Waals surface area (Å²) < 4.78 is 13.5. The summed E-state index contributed by atoms with van der Waals surface area (Å²) >= 11 is 1.37. The van der Waals surface area contributed by atoms with Crippen LogP contribution in [0.3, 0.4) is 0 Å². The number of aromatic nitrogens is 3. The summed E-state index contributed by atoms with van der Waals surface area (Å²) in [7, 11) is 0. The maximum Gasteiger partial charge on any atom is 0.228 e. The second-order valence-electron chi connectivity index (χ2n) is 3.80. The van der Waals surface area contributed by atoms with Gasteiger partial charge < -0.3 is 11.1 Å². The Hall–Kier alpha value is -1.76. The van der Waals surface area contributed by atoms with E-state index in [0.717, 1.165) is 6.42 Å². The molecular weight excluding hydrogens is 253 g/mol. The Morgan fingerprint density at radius 1 is 1.44 bits per heavy atom. The second kappa shape index (κ2) is 5.26. The Morgan fingerprint density at radius 2 is 2.22 bits per heavy atom. The number of nitrogen functional groups attached to an aromatic ring is 1. The Morgan fingerprint density at radius 3 is 2.78 bits per heavy atom. The van der Waals surface area contributed by atoms with E-state index in [1.807, 2.05) is 6.92 Å². The van der Waals surface area contributed by atoms with Gasteiger partial charge in [0.2, 0.25) is 11.9 Å². The zero-order valence-corrected chi connectivity index (χ0v) is 11.0. The molecular formula is C11H14FN5S. The SMILES string of the molecule is CCC(Nc1nc(C)nc(N)n1)c1sccc1F. The van der Waals surface area contributed by atoms with Crippen molar-refractivity contribution in [3.8, 4) is 0 Å². The van der Waals surface area contributed by atoms with Crippen molar-refractivity contribution >= 4 is 23.2 Å². The summed E-state index contributed by atoms with van der Waals surface area (Å²) in [6.07, 6.45) is 0.724. The minimum absolute atomic E-state index is 0.159. The molecule has 0 aliphatic heterocycles. The van der Waals surface area contributed by atoms with Crippen LogP contribution in [0.2, 0.25) is 0 Å². The number of nitrogens with one attached hydrogen (secondary N) is 1. The highest BCUT2D eigenvalue weighted by molar-refractivity contribution is 7.10. The average molecular weight is 267 g/mol. The van der Waals surface area contributed by atoms with Gasteiger partial charge in [0, 0.05) is 0 Å². The third kappa shape index (κ3) is 2.73. The molecule has 1 atom stereocenters. The first-order chi connectivity index (χ1) is 8.60. The minimum Gasteiger partial charge on any atom is -0.368 e. The maximum atomic E-state index is 13.5. The lowest BCUT2D eigenvalue weighted by Gasteiger charge is -2.15. The molecule has 1 unspecified atom stereocenters. The third-order valence-electron chi connectivity index (χ3n) is 2.44. The number of rotatable bonds is 4. The molecule has 18 heavy (non-hydrogen) atoms. The van der Waals surface area contributed by atoms with Gasteiger partial charge in [-0.25, -0.2) is 4.39 Å². The van der Waals surface area contributed by atoms with E-state index in [1.165, 1.54) is 17.4 Å². The van der Waals surface area contributed by atoms with Gasteiger partial charge in [-0.1, -0.05) is 6.92 Å². The zero-order chi connectivity index (χ0) is 13.1. The summed E-state index contributed by atoms with van der Waals surface area (Å²) in [6, 6.07) is 1.29. The first kappa shape index (κ1) is 12.7. The molecule has 5 nitrogen and oxygen atoms in total. The minimum atomic E-state index is -0.210. The molecule has 2 heterocycles. The molecule has 0 aromatic carbocycles. The number of hydrogen-bond donors (Lipinski definition) is 2. The van der Waals surface area contributed by atoms with Crippen LogP contribution in [-0.2, 0) is 0 Å². The fourth-order valence-electron chi connectivity index (χ4n) is 1.63. The lowest BCUT2D eigenvalue weighted by Crippen LogP contribution is -2.14. The molecule has 2 rings (SSSR count). The van der Waals surface area contributed by atoms with E-state index >= 15 is 0 Å². The standard InChI is InChI=1S/C11H14FN5S/c1-3-8(9-7(12)4-5-18-9)16-11-15-6(2)14-10(13)17-11/h4-5,8H,3H2,1-2H3,(H3,13,14,15,16,17). The molecule has 96 valence electrons. The molecule has 2 aromatic rings. The molecule has 0 amide bonds. The normalized spacial score (nSPS) is 12.4. The highest BCUT2D eigenvalue weighted by Crippen LogP contribution is 2.27. The fourth-order valence-corrected chi connectivity index (χ4v) is 2.53. The molecule has 0 radical (unpaired) electrons. The molecule has 0 aliphatic rings. The molecule has 3 N–H and O–H groups in total. The van der Waals surface area contributed by atoms with Gasteiger partial charge in [-0.2, -0.15) is 15.0 Å².